The number of carbonyl (C=O) groups excluding carboxylic acids is 3. The maximum absolute atomic E-state index is 14.5. The van der Waals surface area contributed by atoms with Gasteiger partial charge in [-0.25, -0.2) is 4.39 Å². The molecule has 3 atom stereocenters. The molecule has 0 aromatic heterocycles. The molecule has 2 heterocycles. The van der Waals surface area contributed by atoms with E-state index in [-0.39, 0.29) is 17.3 Å². The summed E-state index contributed by atoms with van der Waals surface area (Å²) >= 11 is 0. The van der Waals surface area contributed by atoms with Gasteiger partial charge in [-0.3, -0.25) is 14.4 Å². The standard InChI is InChI=1S/C34H24FNO3/c1-20-11-13-22(14-12-20)31(37)30-29(21-7-3-2-4-8-21)34(32(38)25-9-5-6-10-26(25)33(34)39)28-18-15-23-19-24(35)16-17-27(23)36(28)30/h2-19,28-30H,1H3/t28-,29+,30+/m1/s1. The molecule has 1 fully saturated rings. The van der Waals surface area contributed by atoms with Crippen LogP contribution in [0, 0.1) is 18.2 Å². The van der Waals surface area contributed by atoms with Crippen LogP contribution >= 0.6 is 0 Å². The second kappa shape index (κ2) is 8.43. The first-order chi connectivity index (χ1) is 18.9. The second-order valence-electron chi connectivity index (χ2n) is 10.6. The second-order valence-corrected chi connectivity index (χ2v) is 10.6. The zero-order valence-electron chi connectivity index (χ0n) is 21.2. The molecule has 0 radical (unpaired) electrons. The summed E-state index contributed by atoms with van der Waals surface area (Å²) in [6.07, 6.45) is 3.58. The molecule has 0 N–H and O–H groups in total. The van der Waals surface area contributed by atoms with Crippen molar-refractivity contribution in [2.24, 2.45) is 5.41 Å². The number of halogens is 1. The lowest BCUT2D eigenvalue weighted by Crippen LogP contribution is -2.48. The van der Waals surface area contributed by atoms with Gasteiger partial charge in [0.1, 0.15) is 17.3 Å². The van der Waals surface area contributed by atoms with Crippen molar-refractivity contribution in [1.29, 1.82) is 0 Å². The lowest BCUT2D eigenvalue weighted by molar-refractivity contribution is 0.0666. The van der Waals surface area contributed by atoms with Gasteiger partial charge in [-0.1, -0.05) is 96.6 Å². The molecule has 1 spiro atoms. The summed E-state index contributed by atoms with van der Waals surface area (Å²) < 4.78 is 14.3. The number of nitrogens with zero attached hydrogens (tertiary/aromatic N) is 1. The molecule has 0 bridgehead atoms. The molecule has 190 valence electrons. The lowest BCUT2D eigenvalue weighted by atomic mass is 9.64. The summed E-state index contributed by atoms with van der Waals surface area (Å²) in [4.78, 5) is 45.5. The molecule has 4 nitrogen and oxygen atoms in total. The molecule has 4 aromatic rings. The van der Waals surface area contributed by atoms with Crippen LogP contribution < -0.4 is 4.90 Å². The normalized spacial score (nSPS) is 22.1. The molecule has 2 aliphatic heterocycles. The van der Waals surface area contributed by atoms with Crippen molar-refractivity contribution in [2.45, 2.75) is 24.9 Å². The van der Waals surface area contributed by atoms with E-state index in [9.17, 15) is 18.8 Å². The molecule has 5 heteroatoms. The average molecular weight is 514 g/mol. The largest absolute Gasteiger partial charge is 0.352 e. The van der Waals surface area contributed by atoms with Crippen molar-refractivity contribution in [3.05, 3.63) is 142 Å². The third kappa shape index (κ3) is 3.13. The first kappa shape index (κ1) is 23.5. The van der Waals surface area contributed by atoms with Gasteiger partial charge in [0.15, 0.2) is 17.3 Å². The van der Waals surface area contributed by atoms with Crippen molar-refractivity contribution in [3.63, 3.8) is 0 Å². The number of anilines is 1. The fraction of sp³-hybridized carbons (Fsp3) is 0.147. The molecule has 0 unspecified atom stereocenters. The third-order valence-electron chi connectivity index (χ3n) is 8.53. The zero-order chi connectivity index (χ0) is 26.9. The highest BCUT2D eigenvalue weighted by Crippen LogP contribution is 2.60. The number of hydrogen-bond acceptors (Lipinski definition) is 4. The van der Waals surface area contributed by atoms with E-state index in [4.69, 9.17) is 0 Å². The van der Waals surface area contributed by atoms with Crippen LogP contribution in [0.5, 0.6) is 0 Å². The highest BCUT2D eigenvalue weighted by Gasteiger charge is 2.71. The van der Waals surface area contributed by atoms with Crippen LogP contribution in [0.2, 0.25) is 0 Å². The molecule has 4 aromatic carbocycles. The van der Waals surface area contributed by atoms with Gasteiger partial charge in [-0.15, -0.1) is 0 Å². The molecule has 7 rings (SSSR count). The number of hydrogen-bond donors (Lipinski definition) is 0. The van der Waals surface area contributed by atoms with Gasteiger partial charge in [-0.05, 0) is 30.7 Å². The van der Waals surface area contributed by atoms with Crippen LogP contribution in [0.4, 0.5) is 10.1 Å². The van der Waals surface area contributed by atoms with Crippen LogP contribution in [-0.4, -0.2) is 29.4 Å². The Morgan fingerprint density at radius 3 is 2.13 bits per heavy atom. The molecule has 3 aliphatic rings. The van der Waals surface area contributed by atoms with E-state index in [1.54, 1.807) is 48.5 Å². The molecule has 39 heavy (non-hydrogen) atoms. The monoisotopic (exact) mass is 513 g/mol. The predicted molar refractivity (Wildman–Crippen MR) is 148 cm³/mol. The Bertz CT molecular complexity index is 1670. The smallest absolute Gasteiger partial charge is 0.185 e. The van der Waals surface area contributed by atoms with Crippen molar-refractivity contribution in [2.75, 3.05) is 4.90 Å². The first-order valence-electron chi connectivity index (χ1n) is 13.0. The van der Waals surface area contributed by atoms with Crippen molar-refractivity contribution in [3.8, 4) is 0 Å². The van der Waals surface area contributed by atoms with Gasteiger partial charge in [0.2, 0.25) is 0 Å². The van der Waals surface area contributed by atoms with Crippen molar-refractivity contribution in [1.82, 2.24) is 0 Å². The summed E-state index contributed by atoms with van der Waals surface area (Å²) in [5.74, 6) is -1.91. The van der Waals surface area contributed by atoms with E-state index in [1.807, 2.05) is 60.4 Å². The number of aryl methyl sites for hydroxylation is 1. The van der Waals surface area contributed by atoms with E-state index >= 15 is 0 Å². The number of carbonyl (C=O) groups is 3. The number of fused-ring (bicyclic) bond motifs is 5. The highest BCUT2D eigenvalue weighted by molar-refractivity contribution is 6.32. The minimum Gasteiger partial charge on any atom is -0.352 e. The van der Waals surface area contributed by atoms with Crippen molar-refractivity contribution >= 4 is 29.1 Å². The Hall–Kier alpha value is -4.64. The minimum absolute atomic E-state index is 0.187. The Morgan fingerprint density at radius 2 is 1.46 bits per heavy atom. The van der Waals surface area contributed by atoms with Gasteiger partial charge in [0.25, 0.3) is 0 Å². The Kier molecular flexibility index (Phi) is 5.08. The minimum atomic E-state index is -1.56. The molecule has 0 amide bonds. The van der Waals surface area contributed by atoms with E-state index in [1.165, 1.54) is 12.1 Å². The van der Waals surface area contributed by atoms with Crippen LogP contribution in [0.1, 0.15) is 53.7 Å². The molecule has 1 saturated heterocycles. The van der Waals surface area contributed by atoms with Crippen LogP contribution in [0.3, 0.4) is 0 Å². The van der Waals surface area contributed by atoms with Crippen LogP contribution in [-0.2, 0) is 0 Å². The van der Waals surface area contributed by atoms with E-state index in [0.29, 0.717) is 27.9 Å². The van der Waals surface area contributed by atoms with Gasteiger partial charge < -0.3 is 4.90 Å². The lowest BCUT2D eigenvalue weighted by Gasteiger charge is -2.37. The first-order valence-corrected chi connectivity index (χ1v) is 13.0. The maximum Gasteiger partial charge on any atom is 0.185 e. The topological polar surface area (TPSA) is 54.5 Å². The predicted octanol–water partition coefficient (Wildman–Crippen LogP) is 6.45. The summed E-state index contributed by atoms with van der Waals surface area (Å²) in [5.41, 5.74) is 2.69. The van der Waals surface area contributed by atoms with Crippen molar-refractivity contribution < 1.29 is 18.8 Å². The quantitative estimate of drug-likeness (QED) is 0.233. The van der Waals surface area contributed by atoms with Crippen LogP contribution in [0.25, 0.3) is 6.08 Å². The zero-order valence-corrected chi connectivity index (χ0v) is 21.2. The summed E-state index contributed by atoms with van der Waals surface area (Å²) in [5, 5.41) is 0. The number of Topliss-reactive ketones (excluding diaryl/α,β-unsaturated/α-hetero) is 3. The highest BCUT2D eigenvalue weighted by atomic mass is 19.1. The summed E-state index contributed by atoms with van der Waals surface area (Å²) in [6.45, 7) is 1.95. The Labute approximate surface area is 225 Å². The fourth-order valence-electron chi connectivity index (χ4n) is 6.87. The molecule has 1 aliphatic carbocycles. The summed E-state index contributed by atoms with van der Waals surface area (Å²) in [6, 6.07) is 26.5. The molecular formula is C34H24FNO3. The van der Waals surface area contributed by atoms with Gasteiger partial charge in [-0.2, -0.15) is 0 Å². The van der Waals surface area contributed by atoms with E-state index in [0.717, 1.165) is 11.1 Å². The average Bonchev–Trinajstić information content (AvgIpc) is 3.39. The number of rotatable bonds is 3. The maximum atomic E-state index is 14.5. The SMILES string of the molecule is Cc1ccc(C(=O)[C@@H]2[C@H](c3ccccc3)C3(C(=O)c4ccccc4C3=O)[C@H]3C=Cc4cc(F)ccc4N23)cc1. The van der Waals surface area contributed by atoms with Gasteiger partial charge in [0.05, 0.1) is 6.04 Å². The van der Waals surface area contributed by atoms with Crippen LogP contribution in [0.15, 0.2) is 103 Å². The third-order valence-corrected chi connectivity index (χ3v) is 8.53. The summed E-state index contributed by atoms with van der Waals surface area (Å²) in [7, 11) is 0. The van der Waals surface area contributed by atoms with Gasteiger partial charge >= 0.3 is 0 Å². The van der Waals surface area contributed by atoms with E-state index in [2.05, 4.69) is 0 Å². The molecule has 0 saturated carbocycles. The number of ketones is 3. The number of benzene rings is 4. The Morgan fingerprint density at radius 1 is 0.821 bits per heavy atom. The Balaban J connectivity index is 1.54. The van der Waals surface area contributed by atoms with Gasteiger partial charge in [0, 0.05) is 33.9 Å². The fourth-order valence-corrected chi connectivity index (χ4v) is 6.87. The molecular weight excluding hydrogens is 489 g/mol. The van der Waals surface area contributed by atoms with E-state index < -0.39 is 29.2 Å².